The minimum atomic E-state index is -0.200. The monoisotopic (exact) mass is 904 g/mol. The summed E-state index contributed by atoms with van der Waals surface area (Å²) in [5, 5.41) is 2.27. The standard InChI is InChI=1S/C64H48N4O2/c1-64(2,3)57-39-62-65-40-56(57)44-27-30-48(31-28-44)69-49-21-12-19-46(35-49)53-24-14-23-52(43-17-8-5-9-18-43)63(53)67-41-66(59-25-10-11-26-60(59)67)47-20-13-22-50(37-47)70-51-32-33-54-55-36-45(42-15-6-4-7-16-42)29-34-58(55)68(62)61(54)38-51/h4-40H,41H2,1-3H3. The van der Waals surface area contributed by atoms with E-state index in [0.717, 1.165) is 112 Å². The highest BCUT2D eigenvalue weighted by Crippen LogP contribution is 2.51. The maximum absolute atomic E-state index is 6.91. The zero-order valence-electron chi connectivity index (χ0n) is 39.2. The number of para-hydroxylation sites is 3. The first kappa shape index (κ1) is 41.3. The minimum absolute atomic E-state index is 0.200. The van der Waals surface area contributed by atoms with E-state index in [1.165, 1.54) is 11.1 Å². The summed E-state index contributed by atoms with van der Waals surface area (Å²) in [6, 6.07) is 77.4. The van der Waals surface area contributed by atoms with Crippen LogP contribution in [0.5, 0.6) is 23.0 Å². The van der Waals surface area contributed by atoms with Crippen LogP contribution in [0.25, 0.3) is 72.1 Å². The summed E-state index contributed by atoms with van der Waals surface area (Å²) in [4.78, 5) is 10.1. The van der Waals surface area contributed by atoms with Gasteiger partial charge in [-0.1, -0.05) is 148 Å². The third-order valence-corrected chi connectivity index (χ3v) is 13.8. The number of pyridine rings is 1. The molecule has 16 rings (SSSR count). The van der Waals surface area contributed by atoms with Crippen LogP contribution in [-0.2, 0) is 5.41 Å². The quantitative estimate of drug-likeness (QED) is 0.173. The van der Waals surface area contributed by atoms with Crippen molar-refractivity contribution in [2.45, 2.75) is 26.2 Å². The van der Waals surface area contributed by atoms with Crippen molar-refractivity contribution in [2.24, 2.45) is 0 Å². The second-order valence-corrected chi connectivity index (χ2v) is 19.3. The van der Waals surface area contributed by atoms with Crippen molar-refractivity contribution in [1.29, 1.82) is 0 Å². The number of rotatable bonds is 2. The molecule has 0 aliphatic carbocycles. The molecule has 0 radical (unpaired) electrons. The fourth-order valence-corrected chi connectivity index (χ4v) is 10.5. The molecule has 336 valence electrons. The Labute approximate surface area is 407 Å². The highest BCUT2D eigenvalue weighted by molar-refractivity contribution is 6.11. The molecular formula is C64H48N4O2. The lowest BCUT2D eigenvalue weighted by Crippen LogP contribution is -2.25. The Morgan fingerprint density at radius 2 is 1.01 bits per heavy atom. The largest absolute Gasteiger partial charge is 0.457 e. The molecule has 0 unspecified atom stereocenters. The molecule has 0 atom stereocenters. The van der Waals surface area contributed by atoms with E-state index in [-0.39, 0.29) is 5.41 Å². The summed E-state index contributed by atoms with van der Waals surface area (Å²) in [7, 11) is 0. The predicted molar refractivity (Wildman–Crippen MR) is 288 cm³/mol. The number of aromatic nitrogens is 2. The Balaban J connectivity index is 1.02. The molecule has 0 N–H and O–H groups in total. The zero-order valence-corrected chi connectivity index (χ0v) is 39.2. The van der Waals surface area contributed by atoms with E-state index in [4.69, 9.17) is 14.5 Å². The molecule has 0 spiro atoms. The van der Waals surface area contributed by atoms with Crippen LogP contribution in [0.4, 0.5) is 22.7 Å². The number of nitrogens with zero attached hydrogens (tertiary/aromatic N) is 4. The summed E-state index contributed by atoms with van der Waals surface area (Å²) in [6.45, 7) is 7.40. The lowest BCUT2D eigenvalue weighted by atomic mass is 9.82. The molecule has 6 nitrogen and oxygen atoms in total. The van der Waals surface area contributed by atoms with E-state index in [0.29, 0.717) is 6.67 Å². The van der Waals surface area contributed by atoms with Crippen molar-refractivity contribution in [2.75, 3.05) is 16.5 Å². The molecule has 0 fully saturated rings. The average Bonchev–Trinajstić information content (AvgIpc) is 3.94. The maximum Gasteiger partial charge on any atom is 0.137 e. The molecule has 0 amide bonds. The summed E-state index contributed by atoms with van der Waals surface area (Å²) < 4.78 is 15.9. The fourth-order valence-electron chi connectivity index (χ4n) is 10.5. The number of hydrogen-bond acceptors (Lipinski definition) is 5. The van der Waals surface area contributed by atoms with E-state index in [9.17, 15) is 0 Å². The van der Waals surface area contributed by atoms with Gasteiger partial charge in [0.05, 0.1) is 28.1 Å². The maximum atomic E-state index is 6.91. The summed E-state index contributed by atoms with van der Waals surface area (Å²) in [6.07, 6.45) is 2.04. The fraction of sp³-hybridized carbons (Fsp3) is 0.0781. The van der Waals surface area contributed by atoms with Crippen LogP contribution in [0.3, 0.4) is 0 Å². The second kappa shape index (κ2) is 16.4. The van der Waals surface area contributed by atoms with Crippen molar-refractivity contribution in [3.8, 4) is 73.3 Å². The van der Waals surface area contributed by atoms with Gasteiger partial charge in [0, 0.05) is 51.5 Å². The minimum Gasteiger partial charge on any atom is -0.457 e. The van der Waals surface area contributed by atoms with Gasteiger partial charge >= 0.3 is 0 Å². The highest BCUT2D eigenvalue weighted by Gasteiger charge is 2.32. The van der Waals surface area contributed by atoms with Crippen LogP contribution in [0.1, 0.15) is 26.3 Å². The van der Waals surface area contributed by atoms with E-state index < -0.39 is 0 Å². The first-order chi connectivity index (χ1) is 34.3. The zero-order chi connectivity index (χ0) is 46.9. The average molecular weight is 905 g/mol. The predicted octanol–water partition coefficient (Wildman–Crippen LogP) is 17.3. The van der Waals surface area contributed by atoms with Crippen LogP contribution in [-0.4, -0.2) is 16.2 Å². The lowest BCUT2D eigenvalue weighted by molar-refractivity contribution is 0.483. The van der Waals surface area contributed by atoms with Crippen molar-refractivity contribution in [3.05, 3.63) is 230 Å². The third kappa shape index (κ3) is 7.15. The van der Waals surface area contributed by atoms with Crippen LogP contribution >= 0.6 is 0 Å². The Hall–Kier alpha value is -8.87. The molecule has 0 saturated heterocycles. The molecule has 5 aliphatic rings. The van der Waals surface area contributed by atoms with Crippen LogP contribution in [0, 0.1) is 0 Å². The first-order valence-electron chi connectivity index (χ1n) is 23.9. The number of ether oxygens (including phenoxy) is 2. The molecule has 7 heterocycles. The van der Waals surface area contributed by atoms with Crippen molar-refractivity contribution in [3.63, 3.8) is 0 Å². The normalized spacial score (nSPS) is 12.9. The Kier molecular flexibility index (Phi) is 9.70. The Morgan fingerprint density at radius 1 is 0.414 bits per heavy atom. The molecule has 11 aromatic rings. The van der Waals surface area contributed by atoms with Gasteiger partial charge in [-0.3, -0.25) is 4.57 Å². The molecule has 5 aliphatic heterocycles. The number of fused-ring (bicyclic) bond motifs is 3. The van der Waals surface area contributed by atoms with E-state index in [2.05, 4.69) is 241 Å². The SMILES string of the molecule is CC(C)(C)c1cc2ncc1-c1ccc(cc1)Oc1cccc(c1)-c1cccc(-c3ccccc3)c1N1CN(c3cccc(c3)Oc3ccc4c5cc(-c6ccccc6)ccc5n-2c4c3)c2ccccc21. The molecular weight excluding hydrogens is 857 g/mol. The highest BCUT2D eigenvalue weighted by atomic mass is 16.5. The molecule has 0 saturated carbocycles. The van der Waals surface area contributed by atoms with Gasteiger partial charge < -0.3 is 19.3 Å². The first-order valence-corrected chi connectivity index (χ1v) is 23.9. The van der Waals surface area contributed by atoms with Gasteiger partial charge in [-0.2, -0.15) is 0 Å². The number of anilines is 4. The van der Waals surface area contributed by atoms with Crippen LogP contribution < -0.4 is 19.3 Å². The number of benzene rings is 9. The second-order valence-electron chi connectivity index (χ2n) is 19.3. The third-order valence-electron chi connectivity index (χ3n) is 13.8. The Bertz CT molecular complexity index is 3800. The van der Waals surface area contributed by atoms with Crippen molar-refractivity contribution >= 4 is 44.6 Å². The van der Waals surface area contributed by atoms with Gasteiger partial charge in [0.2, 0.25) is 0 Å². The van der Waals surface area contributed by atoms with Crippen molar-refractivity contribution < 1.29 is 9.47 Å². The Morgan fingerprint density at radius 3 is 1.79 bits per heavy atom. The van der Waals surface area contributed by atoms with E-state index in [1.807, 2.05) is 18.3 Å². The van der Waals surface area contributed by atoms with Gasteiger partial charge in [-0.25, -0.2) is 4.98 Å². The molecule has 70 heavy (non-hydrogen) atoms. The topological polar surface area (TPSA) is 42.8 Å². The van der Waals surface area contributed by atoms with Gasteiger partial charge in [-0.15, -0.1) is 0 Å². The molecule has 2 aromatic heterocycles. The van der Waals surface area contributed by atoms with Gasteiger partial charge in [0.1, 0.15) is 35.5 Å². The van der Waals surface area contributed by atoms with Gasteiger partial charge in [0.25, 0.3) is 0 Å². The summed E-state index contributed by atoms with van der Waals surface area (Å²) in [5.74, 6) is 3.86. The van der Waals surface area contributed by atoms with Crippen LogP contribution in [0.15, 0.2) is 225 Å². The number of hydrogen-bond donors (Lipinski definition) is 0. The van der Waals surface area contributed by atoms with Crippen LogP contribution in [0.2, 0.25) is 0 Å². The molecule has 6 heteroatoms. The van der Waals surface area contributed by atoms with Gasteiger partial charge in [0.15, 0.2) is 0 Å². The summed E-state index contributed by atoms with van der Waals surface area (Å²) >= 11 is 0. The van der Waals surface area contributed by atoms with E-state index in [1.54, 1.807) is 0 Å². The molecule has 12 bridgehead atoms. The van der Waals surface area contributed by atoms with Gasteiger partial charge in [-0.05, 0) is 118 Å². The van der Waals surface area contributed by atoms with Crippen molar-refractivity contribution in [1.82, 2.24) is 9.55 Å². The molecule has 9 aromatic carbocycles. The van der Waals surface area contributed by atoms with E-state index >= 15 is 0 Å². The summed E-state index contributed by atoms with van der Waals surface area (Å²) in [5.41, 5.74) is 16.4. The smallest absolute Gasteiger partial charge is 0.137 e. The lowest BCUT2D eigenvalue weighted by Gasteiger charge is -2.27.